The summed E-state index contributed by atoms with van der Waals surface area (Å²) in [5.74, 6) is 0. The highest BCUT2D eigenvalue weighted by Crippen LogP contribution is 2.29. The topological polar surface area (TPSA) is 58.2 Å². The summed E-state index contributed by atoms with van der Waals surface area (Å²) in [6.45, 7) is 0.893. The first-order valence-electron chi connectivity index (χ1n) is 6.30. The Morgan fingerprint density at radius 1 is 1.10 bits per heavy atom. The number of hydrogen-bond acceptors (Lipinski definition) is 3. The fourth-order valence-electron chi connectivity index (χ4n) is 2.27. The molecule has 1 aliphatic heterocycles. The van der Waals surface area contributed by atoms with Crippen molar-refractivity contribution in [1.29, 1.82) is 0 Å². The molecule has 0 saturated heterocycles. The van der Waals surface area contributed by atoms with Crippen LogP contribution in [0, 0.1) is 0 Å². The van der Waals surface area contributed by atoms with Crippen LogP contribution in [-0.4, -0.2) is 15.0 Å². The van der Waals surface area contributed by atoms with Crippen molar-refractivity contribution in [3.05, 3.63) is 50.9 Å². The van der Waals surface area contributed by atoms with Crippen molar-refractivity contribution >= 4 is 53.3 Å². The van der Waals surface area contributed by atoms with Crippen LogP contribution in [0.25, 0.3) is 0 Å². The lowest BCUT2D eigenvalue weighted by Gasteiger charge is -2.11. The summed E-state index contributed by atoms with van der Waals surface area (Å²) >= 11 is 6.60. The third-order valence-corrected chi connectivity index (χ3v) is 6.10. The standard InChI is InChI=1S/C14H12Br2N2O2S/c15-10-1-4-14(12(16)8-10)21(19,20)18-11-2-3-13-9(7-11)5-6-17-13/h1-4,7-8,17-18H,5-6H2. The third-order valence-electron chi connectivity index (χ3n) is 3.25. The maximum absolute atomic E-state index is 12.5. The van der Waals surface area contributed by atoms with Crippen LogP contribution in [0.4, 0.5) is 11.4 Å². The Balaban J connectivity index is 1.92. The van der Waals surface area contributed by atoms with Gasteiger partial charge in [0.1, 0.15) is 4.90 Å². The van der Waals surface area contributed by atoms with Crippen LogP contribution in [0.2, 0.25) is 0 Å². The summed E-state index contributed by atoms with van der Waals surface area (Å²) < 4.78 is 28.9. The zero-order chi connectivity index (χ0) is 15.0. The van der Waals surface area contributed by atoms with Crippen LogP contribution in [0.1, 0.15) is 5.56 Å². The highest BCUT2D eigenvalue weighted by atomic mass is 79.9. The fourth-order valence-corrected chi connectivity index (χ4v) is 5.07. The quantitative estimate of drug-likeness (QED) is 0.772. The van der Waals surface area contributed by atoms with Gasteiger partial charge in [0.25, 0.3) is 10.0 Å². The third kappa shape index (κ3) is 3.09. The van der Waals surface area contributed by atoms with Crippen molar-refractivity contribution < 1.29 is 8.42 Å². The van der Waals surface area contributed by atoms with Crippen LogP contribution in [-0.2, 0) is 16.4 Å². The molecule has 1 heterocycles. The van der Waals surface area contributed by atoms with Gasteiger partial charge in [-0.1, -0.05) is 15.9 Å². The highest BCUT2D eigenvalue weighted by Gasteiger charge is 2.19. The van der Waals surface area contributed by atoms with E-state index in [4.69, 9.17) is 0 Å². The van der Waals surface area contributed by atoms with Gasteiger partial charge in [-0.05, 0) is 64.3 Å². The van der Waals surface area contributed by atoms with Gasteiger partial charge in [-0.3, -0.25) is 4.72 Å². The number of nitrogens with one attached hydrogen (secondary N) is 2. The molecule has 2 N–H and O–H groups in total. The van der Waals surface area contributed by atoms with E-state index in [1.165, 1.54) is 0 Å². The number of hydrogen-bond donors (Lipinski definition) is 2. The molecule has 4 nitrogen and oxygen atoms in total. The first-order chi connectivity index (χ1) is 9.95. The molecule has 110 valence electrons. The van der Waals surface area contributed by atoms with Gasteiger partial charge in [-0.2, -0.15) is 0 Å². The Labute approximate surface area is 140 Å². The van der Waals surface area contributed by atoms with E-state index in [1.54, 1.807) is 24.3 Å². The molecule has 0 aliphatic carbocycles. The number of sulfonamides is 1. The molecular formula is C14H12Br2N2O2S. The molecule has 1 aliphatic rings. The van der Waals surface area contributed by atoms with Crippen molar-refractivity contribution in [1.82, 2.24) is 0 Å². The molecule has 0 spiro atoms. The van der Waals surface area contributed by atoms with E-state index in [1.807, 2.05) is 12.1 Å². The Bertz CT molecular complexity index is 807. The van der Waals surface area contributed by atoms with Crippen LogP contribution in [0.5, 0.6) is 0 Å². The predicted octanol–water partition coefficient (Wildman–Crippen LogP) is 3.98. The zero-order valence-corrected chi connectivity index (χ0v) is 14.8. The smallest absolute Gasteiger partial charge is 0.263 e. The largest absolute Gasteiger partial charge is 0.384 e. The van der Waals surface area contributed by atoms with Gasteiger partial charge >= 0.3 is 0 Å². The summed E-state index contributed by atoms with van der Waals surface area (Å²) in [5.41, 5.74) is 2.78. The molecule has 21 heavy (non-hydrogen) atoms. The average Bonchev–Trinajstić information content (AvgIpc) is 2.85. The summed E-state index contributed by atoms with van der Waals surface area (Å²) in [5, 5.41) is 3.25. The monoisotopic (exact) mass is 430 g/mol. The molecule has 0 unspecified atom stereocenters. The first kappa shape index (κ1) is 14.9. The second-order valence-electron chi connectivity index (χ2n) is 4.73. The van der Waals surface area contributed by atoms with Gasteiger partial charge in [-0.15, -0.1) is 0 Å². The van der Waals surface area contributed by atoms with Crippen LogP contribution < -0.4 is 10.0 Å². The van der Waals surface area contributed by atoms with Crippen LogP contribution in [0.3, 0.4) is 0 Å². The maximum Gasteiger partial charge on any atom is 0.263 e. The van der Waals surface area contributed by atoms with E-state index in [-0.39, 0.29) is 4.90 Å². The average molecular weight is 432 g/mol. The van der Waals surface area contributed by atoms with Crippen LogP contribution >= 0.6 is 31.9 Å². The number of halogens is 2. The summed E-state index contributed by atoms with van der Waals surface area (Å²) in [7, 11) is -3.62. The van der Waals surface area contributed by atoms with Gasteiger partial charge in [0.2, 0.25) is 0 Å². The van der Waals surface area contributed by atoms with Gasteiger partial charge in [0.05, 0.1) is 0 Å². The van der Waals surface area contributed by atoms with E-state index in [0.29, 0.717) is 10.2 Å². The zero-order valence-electron chi connectivity index (χ0n) is 10.9. The minimum atomic E-state index is -3.62. The lowest BCUT2D eigenvalue weighted by molar-refractivity contribution is 0.600. The minimum Gasteiger partial charge on any atom is -0.384 e. The molecule has 0 saturated carbocycles. The summed E-state index contributed by atoms with van der Waals surface area (Å²) in [6.07, 6.45) is 0.910. The molecular weight excluding hydrogens is 420 g/mol. The molecule has 7 heteroatoms. The van der Waals surface area contributed by atoms with Crippen molar-refractivity contribution in [2.75, 3.05) is 16.6 Å². The van der Waals surface area contributed by atoms with Gasteiger partial charge in [0.15, 0.2) is 0 Å². The lowest BCUT2D eigenvalue weighted by Crippen LogP contribution is -2.13. The summed E-state index contributed by atoms with van der Waals surface area (Å²) in [4.78, 5) is 0.212. The van der Waals surface area contributed by atoms with Gasteiger partial charge in [0, 0.05) is 26.9 Å². The highest BCUT2D eigenvalue weighted by molar-refractivity contribution is 9.11. The predicted molar refractivity (Wildman–Crippen MR) is 91.3 cm³/mol. The van der Waals surface area contributed by atoms with Crippen molar-refractivity contribution in [3.8, 4) is 0 Å². The molecule has 3 rings (SSSR count). The number of benzene rings is 2. The molecule has 0 bridgehead atoms. The normalized spacial score (nSPS) is 13.6. The Kier molecular flexibility index (Phi) is 3.98. The van der Waals surface area contributed by atoms with Gasteiger partial charge < -0.3 is 5.32 Å². The van der Waals surface area contributed by atoms with E-state index < -0.39 is 10.0 Å². The number of rotatable bonds is 3. The first-order valence-corrected chi connectivity index (χ1v) is 9.37. The molecule has 0 amide bonds. The van der Waals surface area contributed by atoms with E-state index in [9.17, 15) is 8.42 Å². The van der Waals surface area contributed by atoms with Crippen molar-refractivity contribution in [3.63, 3.8) is 0 Å². The second kappa shape index (κ2) is 5.62. The van der Waals surface area contributed by atoms with Gasteiger partial charge in [-0.25, -0.2) is 8.42 Å². The number of anilines is 2. The fraction of sp³-hybridized carbons (Fsp3) is 0.143. The molecule has 2 aromatic carbocycles. The van der Waals surface area contributed by atoms with Crippen LogP contribution in [0.15, 0.2) is 50.2 Å². The summed E-state index contributed by atoms with van der Waals surface area (Å²) in [6, 6.07) is 10.5. The lowest BCUT2D eigenvalue weighted by atomic mass is 10.1. The van der Waals surface area contributed by atoms with E-state index >= 15 is 0 Å². The molecule has 0 aromatic heterocycles. The molecule has 0 fully saturated rings. The van der Waals surface area contributed by atoms with E-state index in [2.05, 4.69) is 41.9 Å². The Morgan fingerprint density at radius 2 is 1.90 bits per heavy atom. The minimum absolute atomic E-state index is 0.212. The maximum atomic E-state index is 12.5. The number of fused-ring (bicyclic) bond motifs is 1. The Hall–Kier alpha value is -1.05. The SMILES string of the molecule is O=S(=O)(Nc1ccc2c(c1)CCN2)c1ccc(Br)cc1Br. The van der Waals surface area contributed by atoms with Crippen molar-refractivity contribution in [2.24, 2.45) is 0 Å². The molecule has 0 atom stereocenters. The van der Waals surface area contributed by atoms with E-state index in [0.717, 1.165) is 28.7 Å². The molecule has 0 radical (unpaired) electrons. The second-order valence-corrected chi connectivity index (χ2v) is 8.15. The molecule has 2 aromatic rings. The Morgan fingerprint density at radius 3 is 2.67 bits per heavy atom. The van der Waals surface area contributed by atoms with Crippen molar-refractivity contribution in [2.45, 2.75) is 11.3 Å².